The maximum Gasteiger partial charge on any atom is 0.303 e. The van der Waals surface area contributed by atoms with Crippen LogP contribution in [0.25, 0.3) is 0 Å². The van der Waals surface area contributed by atoms with Crippen LogP contribution in [0.1, 0.15) is 50.2 Å². The van der Waals surface area contributed by atoms with Crippen molar-refractivity contribution in [1.82, 2.24) is 9.80 Å². The molecule has 0 spiro atoms. The van der Waals surface area contributed by atoms with Crippen molar-refractivity contribution >= 4 is 23.2 Å². The smallest absolute Gasteiger partial charge is 0.303 e. The lowest BCUT2D eigenvalue weighted by Crippen LogP contribution is -2.57. The van der Waals surface area contributed by atoms with Gasteiger partial charge in [-0.1, -0.05) is 26.0 Å². The lowest BCUT2D eigenvalue weighted by Gasteiger charge is -2.53. The molecule has 2 radical (unpaired) electrons. The zero-order valence-electron chi connectivity index (χ0n) is 20.1. The number of carbonyl (C=O) groups excluding carboxylic acids is 2. The summed E-state index contributed by atoms with van der Waals surface area (Å²) in [5.74, 6) is 0.556. The van der Waals surface area contributed by atoms with Crippen molar-refractivity contribution in [1.29, 1.82) is 0 Å². The molecule has 0 aromatic carbocycles. The number of piperazine rings is 1. The molecule has 0 unspecified atom stereocenters. The number of rotatable bonds is 5. The summed E-state index contributed by atoms with van der Waals surface area (Å²) < 4.78 is 5.42. The zero-order valence-corrected chi connectivity index (χ0v) is 20.9. The molecule has 0 bridgehead atoms. The fraction of sp³-hybridized carbons (Fsp3) is 0.654. The average Bonchev–Trinajstić information content (AvgIpc) is 3.31. The Hall–Kier alpha value is -1.70. The Labute approximate surface area is 201 Å². The highest BCUT2D eigenvalue weighted by Crippen LogP contribution is 2.50. The molecule has 4 rings (SSSR count). The van der Waals surface area contributed by atoms with Crippen molar-refractivity contribution < 1.29 is 19.4 Å². The number of hydrogen-bond donors (Lipinski definition) is 1. The van der Waals surface area contributed by atoms with Gasteiger partial charge in [0.2, 0.25) is 0 Å². The highest BCUT2D eigenvalue weighted by atomic mass is 32.1. The first-order chi connectivity index (χ1) is 15.7. The number of amides is 1. The second-order valence-corrected chi connectivity index (χ2v) is 11.0. The van der Waals surface area contributed by atoms with Gasteiger partial charge in [-0.25, -0.2) is 0 Å². The van der Waals surface area contributed by atoms with Crippen molar-refractivity contribution in [3.05, 3.63) is 40.5 Å². The summed E-state index contributed by atoms with van der Waals surface area (Å²) in [5.41, 5.74) is -0.130. The molecule has 2 aliphatic carbocycles. The number of fused-ring (bicyclic) bond motifs is 1. The highest BCUT2D eigenvalue weighted by molar-refractivity contribution is 7.12. The molecule has 1 aromatic rings. The molecule has 33 heavy (non-hydrogen) atoms. The Kier molecular flexibility index (Phi) is 7.32. The number of hydrogen-bond acceptors (Lipinski definition) is 6. The Morgan fingerprint density at radius 3 is 2.67 bits per heavy atom. The number of thiophene rings is 1. The van der Waals surface area contributed by atoms with E-state index in [1.54, 1.807) is 0 Å². The monoisotopic (exact) mass is 472 g/mol. The van der Waals surface area contributed by atoms with Crippen LogP contribution >= 0.6 is 11.3 Å². The van der Waals surface area contributed by atoms with E-state index in [9.17, 15) is 14.7 Å². The van der Waals surface area contributed by atoms with Gasteiger partial charge in [0.15, 0.2) is 0 Å². The molecule has 6 nitrogen and oxygen atoms in total. The number of carbonyl (C=O) groups is 2. The van der Waals surface area contributed by atoms with Crippen molar-refractivity contribution in [2.24, 2.45) is 23.7 Å². The summed E-state index contributed by atoms with van der Waals surface area (Å²) in [6, 6.07) is 3.82. The molecule has 1 saturated heterocycles. The Balaban J connectivity index is 1.39. The molecular formula is C26H36N2O4S. The maximum atomic E-state index is 12.6. The van der Waals surface area contributed by atoms with Gasteiger partial charge in [-0.2, -0.15) is 0 Å². The van der Waals surface area contributed by atoms with E-state index in [1.165, 1.54) is 18.3 Å². The fourth-order valence-electron chi connectivity index (χ4n) is 5.84. The first-order valence-corrected chi connectivity index (χ1v) is 13.0. The van der Waals surface area contributed by atoms with E-state index in [2.05, 4.69) is 31.2 Å². The van der Waals surface area contributed by atoms with E-state index in [0.717, 1.165) is 56.0 Å². The van der Waals surface area contributed by atoms with Crippen LogP contribution in [0, 0.1) is 30.1 Å². The van der Waals surface area contributed by atoms with Crippen molar-refractivity contribution in [3.8, 4) is 0 Å². The van der Waals surface area contributed by atoms with Crippen molar-refractivity contribution in [3.63, 3.8) is 0 Å². The number of nitrogens with zero attached hydrogens (tertiary/aromatic N) is 2. The molecule has 1 amide bonds. The Bertz CT molecular complexity index is 877. The van der Waals surface area contributed by atoms with Crippen LogP contribution in [0.5, 0.6) is 0 Å². The minimum absolute atomic E-state index is 0.0234. The van der Waals surface area contributed by atoms with Gasteiger partial charge in [0.25, 0.3) is 5.91 Å². The van der Waals surface area contributed by atoms with E-state index in [0.29, 0.717) is 11.8 Å². The summed E-state index contributed by atoms with van der Waals surface area (Å²) in [6.07, 6.45) is 6.83. The van der Waals surface area contributed by atoms with Gasteiger partial charge in [0.1, 0.15) is 6.10 Å². The zero-order chi connectivity index (χ0) is 23.8. The largest absolute Gasteiger partial charge is 0.457 e. The van der Waals surface area contributed by atoms with Crippen molar-refractivity contribution in [2.45, 2.75) is 52.2 Å². The molecule has 180 valence electrons. The lowest BCUT2D eigenvalue weighted by molar-refractivity contribution is -0.148. The Morgan fingerprint density at radius 1 is 1.30 bits per heavy atom. The third kappa shape index (κ3) is 5.05. The first-order valence-electron chi connectivity index (χ1n) is 12.1. The molecule has 2 fully saturated rings. The molecule has 2 heterocycles. The topological polar surface area (TPSA) is 70.1 Å². The van der Waals surface area contributed by atoms with Crippen LogP contribution in [0.3, 0.4) is 0 Å². The molecule has 1 N–H and O–H groups in total. The van der Waals surface area contributed by atoms with Gasteiger partial charge in [0.05, 0.1) is 16.9 Å². The van der Waals surface area contributed by atoms with E-state index in [4.69, 9.17) is 4.74 Å². The van der Waals surface area contributed by atoms with E-state index >= 15 is 0 Å². The molecule has 3 aliphatic rings. The van der Waals surface area contributed by atoms with Crippen molar-refractivity contribution in [2.75, 3.05) is 32.7 Å². The first kappa shape index (κ1) is 24.4. The maximum absolute atomic E-state index is 12.6. The molecule has 6 atom stereocenters. The van der Waals surface area contributed by atoms with Gasteiger partial charge >= 0.3 is 5.97 Å². The van der Waals surface area contributed by atoms with Gasteiger partial charge < -0.3 is 14.7 Å². The minimum atomic E-state index is -1.08. The third-order valence-corrected chi connectivity index (χ3v) is 8.68. The summed E-state index contributed by atoms with van der Waals surface area (Å²) in [6.45, 7) is 11.9. The normalized spacial score (nSPS) is 33.7. The quantitative estimate of drug-likeness (QED) is 0.525. The number of esters is 1. The summed E-state index contributed by atoms with van der Waals surface area (Å²) >= 11 is 1.50. The van der Waals surface area contributed by atoms with Crippen LogP contribution in [0.15, 0.2) is 29.2 Å². The molecule has 1 aliphatic heterocycles. The van der Waals surface area contributed by atoms with E-state index in [1.807, 2.05) is 29.3 Å². The molecular weight excluding hydrogens is 436 g/mol. The van der Waals surface area contributed by atoms with E-state index in [-0.39, 0.29) is 23.7 Å². The van der Waals surface area contributed by atoms with Crippen LogP contribution in [0.4, 0.5) is 0 Å². The van der Waals surface area contributed by atoms with Gasteiger partial charge in [-0.3, -0.25) is 14.5 Å². The van der Waals surface area contributed by atoms with Gasteiger partial charge in [0, 0.05) is 45.6 Å². The predicted molar refractivity (Wildman–Crippen MR) is 129 cm³/mol. The van der Waals surface area contributed by atoms with Crippen LogP contribution in [-0.4, -0.2) is 71.2 Å². The predicted octanol–water partition coefficient (Wildman–Crippen LogP) is 3.51. The van der Waals surface area contributed by atoms with E-state index < -0.39 is 11.7 Å². The standard InChI is InChI=1S/C26H36N2O4S/c1-17-14-22-21(8-7-19(3)26(22,31)15-23(17)32-20(4)29)18(2)16-27-9-11-28(12-10-27)25(30)24-6-5-13-33-24/h5-6,13-14,18-19,21-23,31H,7-12,16H2,1-4H3/t18-,19-,21+,22-,23-,26-/m1/s1. The van der Waals surface area contributed by atoms with Gasteiger partial charge in [-0.15, -0.1) is 11.3 Å². The van der Waals surface area contributed by atoms with Crippen LogP contribution in [0.2, 0.25) is 0 Å². The molecule has 7 heteroatoms. The summed E-state index contributed by atoms with van der Waals surface area (Å²) in [4.78, 5) is 29.4. The fourth-order valence-corrected chi connectivity index (χ4v) is 6.53. The van der Waals surface area contributed by atoms with Crippen LogP contribution in [-0.2, 0) is 9.53 Å². The Morgan fingerprint density at radius 2 is 2.03 bits per heavy atom. The summed E-state index contributed by atoms with van der Waals surface area (Å²) in [5, 5.41) is 13.6. The molecule has 1 saturated carbocycles. The SMILES string of the molecule is CC(=O)O[C@@H]1[C][C@@]2(O)[C@H](C)CC[C@@H]([C@H](C)CN3CCN(C(=O)c4cccs4)CC3)[C@H]2C=C1C. The molecule has 1 aromatic heterocycles. The van der Waals surface area contributed by atoms with Gasteiger partial charge in [-0.05, 0) is 54.5 Å². The lowest BCUT2D eigenvalue weighted by atomic mass is 9.57. The second-order valence-electron chi connectivity index (χ2n) is 10.1. The average molecular weight is 473 g/mol. The number of ether oxygens (including phenoxy) is 1. The highest BCUT2D eigenvalue weighted by Gasteiger charge is 2.53. The number of aliphatic hydroxyl groups is 1. The second kappa shape index (κ2) is 9.88. The summed E-state index contributed by atoms with van der Waals surface area (Å²) in [7, 11) is 0. The minimum Gasteiger partial charge on any atom is -0.457 e. The van der Waals surface area contributed by atoms with Crippen LogP contribution < -0.4 is 0 Å². The third-order valence-electron chi connectivity index (χ3n) is 7.82.